The third-order valence-electron chi connectivity index (χ3n) is 3.32. The summed E-state index contributed by atoms with van der Waals surface area (Å²) in [5.74, 6) is -1.51. The highest BCUT2D eigenvalue weighted by molar-refractivity contribution is 6.03. The van der Waals surface area contributed by atoms with Crippen LogP contribution in [-0.2, 0) is 19.1 Å². The van der Waals surface area contributed by atoms with E-state index in [4.69, 9.17) is 9.47 Å². The van der Waals surface area contributed by atoms with Crippen LogP contribution in [0.1, 0.15) is 0 Å². The molecule has 2 saturated heterocycles. The molecule has 0 radical (unpaired) electrons. The maximum Gasteiger partial charge on any atom is 0.366 e. The Hall–Kier alpha value is -1.74. The van der Waals surface area contributed by atoms with Crippen molar-refractivity contribution < 1.29 is 24.0 Å². The first-order valence-electron chi connectivity index (χ1n) is 6.48. The summed E-state index contributed by atoms with van der Waals surface area (Å²) in [5.41, 5.74) is 0. The standard InChI is InChI=1S/C11H17N3O6/c15-10(12-1-5-19-6-2-12)9(14(17)18)11(16)13-3-7-20-8-4-13/h9H,1-8H2. The Morgan fingerprint density at radius 3 is 1.55 bits per heavy atom. The van der Waals surface area contributed by atoms with Gasteiger partial charge in [-0.15, -0.1) is 0 Å². The zero-order valence-electron chi connectivity index (χ0n) is 11.0. The minimum Gasteiger partial charge on any atom is -0.378 e. The quantitative estimate of drug-likeness (QED) is 0.350. The molecule has 2 aliphatic rings. The Bertz CT molecular complexity index is 360. The summed E-state index contributed by atoms with van der Waals surface area (Å²) in [6.07, 6.45) is 0. The van der Waals surface area contributed by atoms with Crippen molar-refractivity contribution in [3.63, 3.8) is 0 Å². The topological polar surface area (TPSA) is 102 Å². The number of carbonyl (C=O) groups excluding carboxylic acids is 2. The van der Waals surface area contributed by atoms with Crippen LogP contribution in [0.15, 0.2) is 0 Å². The SMILES string of the molecule is O=C(C(C(=O)N1CCOCC1)[N+](=O)[O-])N1CCOCC1. The number of nitrogens with zero attached hydrogens (tertiary/aromatic N) is 3. The van der Waals surface area contributed by atoms with Crippen LogP contribution in [0.25, 0.3) is 0 Å². The van der Waals surface area contributed by atoms with Crippen molar-refractivity contribution in [1.29, 1.82) is 0 Å². The summed E-state index contributed by atoms with van der Waals surface area (Å²) in [7, 11) is 0. The van der Waals surface area contributed by atoms with E-state index in [0.717, 1.165) is 0 Å². The van der Waals surface area contributed by atoms with Gasteiger partial charge in [-0.05, 0) is 0 Å². The van der Waals surface area contributed by atoms with Crippen LogP contribution in [0, 0.1) is 10.1 Å². The highest BCUT2D eigenvalue weighted by Gasteiger charge is 2.44. The third-order valence-corrected chi connectivity index (χ3v) is 3.32. The van der Waals surface area contributed by atoms with Crippen LogP contribution in [0.3, 0.4) is 0 Å². The van der Waals surface area contributed by atoms with Gasteiger partial charge in [-0.2, -0.15) is 0 Å². The fraction of sp³-hybridized carbons (Fsp3) is 0.818. The molecule has 0 aromatic heterocycles. The molecule has 0 bridgehead atoms. The van der Waals surface area contributed by atoms with E-state index in [1.165, 1.54) is 9.80 Å². The first-order valence-corrected chi connectivity index (χ1v) is 6.48. The summed E-state index contributed by atoms with van der Waals surface area (Å²) in [6, 6.07) is -1.86. The van der Waals surface area contributed by atoms with Crippen molar-refractivity contribution in [2.45, 2.75) is 6.04 Å². The maximum atomic E-state index is 12.2. The molecule has 0 aliphatic carbocycles. The fourth-order valence-corrected chi connectivity index (χ4v) is 2.20. The average molecular weight is 287 g/mol. The second-order valence-corrected chi connectivity index (χ2v) is 4.56. The van der Waals surface area contributed by atoms with Gasteiger partial charge in [0, 0.05) is 31.1 Å². The van der Waals surface area contributed by atoms with Gasteiger partial charge in [-0.25, -0.2) is 0 Å². The van der Waals surface area contributed by atoms with E-state index >= 15 is 0 Å². The largest absolute Gasteiger partial charge is 0.378 e. The van der Waals surface area contributed by atoms with Gasteiger partial charge in [0.2, 0.25) is 0 Å². The second-order valence-electron chi connectivity index (χ2n) is 4.56. The first-order chi connectivity index (χ1) is 9.61. The predicted octanol–water partition coefficient (Wildman–Crippen LogP) is -1.65. The zero-order chi connectivity index (χ0) is 14.5. The summed E-state index contributed by atoms with van der Waals surface area (Å²) in [6.45, 7) is 2.45. The molecular weight excluding hydrogens is 270 g/mol. The fourth-order valence-electron chi connectivity index (χ4n) is 2.20. The minimum absolute atomic E-state index is 0.277. The Labute approximate surface area is 115 Å². The van der Waals surface area contributed by atoms with Gasteiger partial charge in [-0.1, -0.05) is 0 Å². The number of hydrogen-bond acceptors (Lipinski definition) is 6. The number of hydrogen-bond donors (Lipinski definition) is 0. The predicted molar refractivity (Wildman–Crippen MR) is 65.6 cm³/mol. The Kier molecular flexibility index (Phi) is 4.85. The third kappa shape index (κ3) is 3.23. The molecular formula is C11H17N3O6. The molecule has 0 atom stereocenters. The molecule has 0 saturated carbocycles. The minimum atomic E-state index is -1.86. The number of morpholine rings is 2. The molecule has 2 heterocycles. The molecule has 2 amide bonds. The summed E-state index contributed by atoms with van der Waals surface area (Å²) >= 11 is 0. The zero-order valence-corrected chi connectivity index (χ0v) is 11.0. The molecule has 0 spiro atoms. The number of rotatable bonds is 3. The average Bonchev–Trinajstić information content (AvgIpc) is 2.48. The molecule has 9 heteroatoms. The Morgan fingerprint density at radius 1 is 0.900 bits per heavy atom. The monoisotopic (exact) mass is 287 g/mol. The normalized spacial score (nSPS) is 20.1. The highest BCUT2D eigenvalue weighted by atomic mass is 16.6. The summed E-state index contributed by atoms with van der Waals surface area (Å²) in [5, 5.41) is 11.1. The first kappa shape index (κ1) is 14.7. The van der Waals surface area contributed by atoms with Crippen molar-refractivity contribution in [2.75, 3.05) is 52.6 Å². The van der Waals surface area contributed by atoms with Crippen LogP contribution >= 0.6 is 0 Å². The van der Waals surface area contributed by atoms with Gasteiger partial charge in [0.05, 0.1) is 26.4 Å². The van der Waals surface area contributed by atoms with Gasteiger partial charge < -0.3 is 19.3 Å². The van der Waals surface area contributed by atoms with E-state index in [-0.39, 0.29) is 26.2 Å². The lowest BCUT2D eigenvalue weighted by atomic mass is 10.2. The van der Waals surface area contributed by atoms with Crippen molar-refractivity contribution in [3.8, 4) is 0 Å². The molecule has 0 aromatic carbocycles. The lowest BCUT2D eigenvalue weighted by Crippen LogP contribution is -2.56. The van der Waals surface area contributed by atoms with Crippen LogP contribution in [0.2, 0.25) is 0 Å². The molecule has 0 N–H and O–H groups in total. The van der Waals surface area contributed by atoms with Crippen molar-refractivity contribution in [3.05, 3.63) is 10.1 Å². The molecule has 2 aliphatic heterocycles. The van der Waals surface area contributed by atoms with Crippen LogP contribution < -0.4 is 0 Å². The van der Waals surface area contributed by atoms with Crippen molar-refractivity contribution in [2.24, 2.45) is 0 Å². The Balaban J connectivity index is 2.06. The van der Waals surface area contributed by atoms with Crippen LogP contribution in [-0.4, -0.2) is 85.2 Å². The molecule has 112 valence electrons. The van der Waals surface area contributed by atoms with Gasteiger partial charge in [-0.3, -0.25) is 19.7 Å². The maximum absolute atomic E-state index is 12.2. The van der Waals surface area contributed by atoms with E-state index in [9.17, 15) is 19.7 Å². The van der Waals surface area contributed by atoms with Gasteiger partial charge in [0.1, 0.15) is 0 Å². The van der Waals surface area contributed by atoms with Crippen molar-refractivity contribution in [1.82, 2.24) is 9.80 Å². The lowest BCUT2D eigenvalue weighted by Gasteiger charge is -2.30. The highest BCUT2D eigenvalue weighted by Crippen LogP contribution is 2.08. The molecule has 0 unspecified atom stereocenters. The Morgan fingerprint density at radius 2 is 1.25 bits per heavy atom. The smallest absolute Gasteiger partial charge is 0.366 e. The lowest BCUT2D eigenvalue weighted by molar-refractivity contribution is -0.496. The number of amides is 2. The second kappa shape index (κ2) is 6.62. The van der Waals surface area contributed by atoms with E-state index in [1.807, 2.05) is 0 Å². The number of nitro groups is 1. The van der Waals surface area contributed by atoms with Crippen molar-refractivity contribution >= 4 is 11.8 Å². The number of ether oxygens (including phenoxy) is 2. The summed E-state index contributed by atoms with van der Waals surface area (Å²) < 4.78 is 10.2. The molecule has 20 heavy (non-hydrogen) atoms. The van der Waals surface area contributed by atoms with E-state index in [1.54, 1.807) is 0 Å². The summed E-state index contributed by atoms with van der Waals surface area (Å²) in [4.78, 5) is 37.3. The van der Waals surface area contributed by atoms with Gasteiger partial charge >= 0.3 is 17.9 Å². The van der Waals surface area contributed by atoms with E-state index in [0.29, 0.717) is 26.4 Å². The molecule has 2 rings (SSSR count). The van der Waals surface area contributed by atoms with E-state index < -0.39 is 22.8 Å². The molecule has 2 fully saturated rings. The molecule has 9 nitrogen and oxygen atoms in total. The number of carbonyl (C=O) groups is 2. The van der Waals surface area contributed by atoms with Crippen LogP contribution in [0.5, 0.6) is 0 Å². The van der Waals surface area contributed by atoms with Gasteiger partial charge in [0.15, 0.2) is 0 Å². The van der Waals surface area contributed by atoms with E-state index in [2.05, 4.69) is 0 Å². The van der Waals surface area contributed by atoms with Gasteiger partial charge in [0.25, 0.3) is 0 Å². The molecule has 0 aromatic rings. The van der Waals surface area contributed by atoms with Crippen LogP contribution in [0.4, 0.5) is 0 Å².